The molecule has 0 atom stereocenters. The van der Waals surface area contributed by atoms with E-state index in [9.17, 15) is 4.79 Å². The van der Waals surface area contributed by atoms with Gasteiger partial charge < -0.3 is 19.5 Å². The molecule has 2 aliphatic rings. The van der Waals surface area contributed by atoms with E-state index in [-0.39, 0.29) is 12.7 Å². The van der Waals surface area contributed by atoms with Crippen molar-refractivity contribution in [1.82, 2.24) is 15.1 Å². The van der Waals surface area contributed by atoms with E-state index in [0.29, 0.717) is 22.9 Å². The fraction of sp³-hybridized carbons (Fsp3) is 0.273. The van der Waals surface area contributed by atoms with E-state index >= 15 is 0 Å². The molecule has 30 heavy (non-hydrogen) atoms. The molecule has 0 unspecified atom stereocenters. The number of aromatic amines is 1. The summed E-state index contributed by atoms with van der Waals surface area (Å²) < 4.78 is 16.1. The van der Waals surface area contributed by atoms with Gasteiger partial charge in [-0.15, -0.1) is 0 Å². The second kappa shape index (κ2) is 8.17. The van der Waals surface area contributed by atoms with E-state index < -0.39 is 0 Å². The minimum Gasteiger partial charge on any atom is -0.454 e. The number of ether oxygens (including phenoxy) is 3. The van der Waals surface area contributed by atoms with Gasteiger partial charge in [-0.1, -0.05) is 12.1 Å². The molecule has 0 aliphatic carbocycles. The van der Waals surface area contributed by atoms with Gasteiger partial charge in [-0.25, -0.2) is 0 Å². The molecule has 2 aliphatic heterocycles. The van der Waals surface area contributed by atoms with Crippen LogP contribution in [-0.4, -0.2) is 54.1 Å². The lowest BCUT2D eigenvalue weighted by Crippen LogP contribution is -2.35. The average Bonchev–Trinajstić information content (AvgIpc) is 3.44. The number of morpholine rings is 1. The first-order valence-corrected chi connectivity index (χ1v) is 9.90. The molecule has 1 aromatic heterocycles. The number of nitrogens with one attached hydrogen (secondary N) is 2. The van der Waals surface area contributed by atoms with Crippen LogP contribution in [0.1, 0.15) is 16.1 Å². The lowest BCUT2D eigenvalue weighted by Gasteiger charge is -2.26. The second-order valence-corrected chi connectivity index (χ2v) is 7.28. The van der Waals surface area contributed by atoms with Gasteiger partial charge in [0.2, 0.25) is 6.79 Å². The Kier molecular flexibility index (Phi) is 5.08. The molecule has 154 valence electrons. The summed E-state index contributed by atoms with van der Waals surface area (Å²) in [6.07, 6.45) is 0. The Bertz CT molecular complexity index is 1060. The van der Waals surface area contributed by atoms with E-state index in [4.69, 9.17) is 14.2 Å². The maximum Gasteiger partial charge on any atom is 0.273 e. The fourth-order valence-electron chi connectivity index (χ4n) is 3.61. The lowest BCUT2D eigenvalue weighted by molar-refractivity contribution is 0.0342. The first kappa shape index (κ1) is 18.7. The molecule has 2 N–H and O–H groups in total. The van der Waals surface area contributed by atoms with Crippen LogP contribution in [0.5, 0.6) is 11.5 Å². The Balaban J connectivity index is 1.26. The summed E-state index contributed by atoms with van der Waals surface area (Å²) in [5, 5.41) is 10.0. The average molecular weight is 406 g/mol. The highest BCUT2D eigenvalue weighted by atomic mass is 16.7. The van der Waals surface area contributed by atoms with Crippen LogP contribution in [0, 0.1) is 0 Å². The highest BCUT2D eigenvalue weighted by Gasteiger charge is 2.17. The van der Waals surface area contributed by atoms with Gasteiger partial charge in [-0.2, -0.15) is 5.10 Å². The number of anilines is 1. The van der Waals surface area contributed by atoms with Crippen LogP contribution in [0.25, 0.3) is 11.3 Å². The first-order valence-electron chi connectivity index (χ1n) is 9.90. The molecule has 0 bridgehead atoms. The number of hydrogen-bond donors (Lipinski definition) is 2. The summed E-state index contributed by atoms with van der Waals surface area (Å²) in [5.41, 5.74) is 3.81. The molecular weight excluding hydrogens is 384 g/mol. The molecule has 1 saturated heterocycles. The molecule has 0 spiro atoms. The van der Waals surface area contributed by atoms with Gasteiger partial charge in [0.25, 0.3) is 5.91 Å². The maximum atomic E-state index is 12.7. The van der Waals surface area contributed by atoms with Crippen LogP contribution in [0.3, 0.4) is 0 Å². The number of carbonyl (C=O) groups is 1. The Morgan fingerprint density at radius 3 is 2.83 bits per heavy atom. The number of amides is 1. The van der Waals surface area contributed by atoms with Crippen LogP contribution in [-0.2, 0) is 11.3 Å². The maximum absolute atomic E-state index is 12.7. The Morgan fingerprint density at radius 1 is 1.07 bits per heavy atom. The molecule has 0 saturated carbocycles. The monoisotopic (exact) mass is 406 g/mol. The molecule has 3 aromatic rings. The van der Waals surface area contributed by atoms with Gasteiger partial charge in [0.1, 0.15) is 5.69 Å². The largest absolute Gasteiger partial charge is 0.454 e. The number of H-pyrrole nitrogens is 1. The quantitative estimate of drug-likeness (QED) is 0.677. The van der Waals surface area contributed by atoms with Crippen LogP contribution in [0.2, 0.25) is 0 Å². The van der Waals surface area contributed by atoms with Crippen molar-refractivity contribution in [2.45, 2.75) is 6.54 Å². The molecule has 1 amide bonds. The molecule has 0 radical (unpaired) electrons. The summed E-state index contributed by atoms with van der Waals surface area (Å²) in [4.78, 5) is 15.0. The normalized spacial score (nSPS) is 15.9. The van der Waals surface area contributed by atoms with E-state index in [1.807, 2.05) is 36.4 Å². The first-order chi connectivity index (χ1) is 14.7. The summed E-state index contributed by atoms with van der Waals surface area (Å²) in [6.45, 7) is 4.44. The topological polar surface area (TPSA) is 88.7 Å². The lowest BCUT2D eigenvalue weighted by atomic mass is 10.1. The van der Waals surface area contributed by atoms with Crippen molar-refractivity contribution in [3.63, 3.8) is 0 Å². The number of aromatic nitrogens is 2. The van der Waals surface area contributed by atoms with Gasteiger partial charge >= 0.3 is 0 Å². The van der Waals surface area contributed by atoms with Crippen molar-refractivity contribution < 1.29 is 19.0 Å². The van der Waals surface area contributed by atoms with Crippen LogP contribution in [0.15, 0.2) is 48.5 Å². The van der Waals surface area contributed by atoms with Gasteiger partial charge in [-0.05, 0) is 42.0 Å². The van der Waals surface area contributed by atoms with E-state index in [2.05, 4.69) is 26.5 Å². The van der Waals surface area contributed by atoms with Crippen molar-refractivity contribution in [3.05, 3.63) is 59.8 Å². The minimum atomic E-state index is -0.238. The minimum absolute atomic E-state index is 0.220. The third-order valence-electron chi connectivity index (χ3n) is 5.19. The second-order valence-electron chi connectivity index (χ2n) is 7.28. The number of nitrogens with zero attached hydrogens (tertiary/aromatic N) is 2. The molecule has 3 heterocycles. The zero-order chi connectivity index (χ0) is 20.3. The fourth-order valence-corrected chi connectivity index (χ4v) is 3.61. The third kappa shape index (κ3) is 4.00. The van der Waals surface area contributed by atoms with E-state index in [1.165, 1.54) is 0 Å². The van der Waals surface area contributed by atoms with Gasteiger partial charge in [0.05, 0.1) is 18.9 Å². The van der Waals surface area contributed by atoms with E-state index in [0.717, 1.165) is 49.7 Å². The third-order valence-corrected chi connectivity index (χ3v) is 5.19. The predicted molar refractivity (Wildman–Crippen MR) is 111 cm³/mol. The zero-order valence-electron chi connectivity index (χ0n) is 16.4. The van der Waals surface area contributed by atoms with Gasteiger partial charge in [0.15, 0.2) is 11.5 Å². The number of fused-ring (bicyclic) bond motifs is 1. The molecule has 5 rings (SSSR count). The molecule has 1 fully saturated rings. The van der Waals surface area contributed by atoms with Gasteiger partial charge in [0, 0.05) is 30.9 Å². The van der Waals surface area contributed by atoms with Crippen LogP contribution >= 0.6 is 0 Å². The number of hydrogen-bond acceptors (Lipinski definition) is 6. The highest BCUT2D eigenvalue weighted by Crippen LogP contribution is 2.35. The Hall–Kier alpha value is -3.36. The SMILES string of the molecule is O=C(Nc1cccc(CN2CCOCC2)c1)c1cc(-c2ccc3c(c2)OCO3)n[nH]1. The van der Waals surface area contributed by atoms with Crippen molar-refractivity contribution in [1.29, 1.82) is 0 Å². The van der Waals surface area contributed by atoms with Crippen molar-refractivity contribution in [2.75, 3.05) is 38.4 Å². The van der Waals surface area contributed by atoms with Crippen molar-refractivity contribution >= 4 is 11.6 Å². The Labute approximate surface area is 173 Å². The highest BCUT2D eigenvalue weighted by molar-refractivity contribution is 6.03. The predicted octanol–water partition coefficient (Wildman–Crippen LogP) is 2.89. The van der Waals surface area contributed by atoms with Crippen LogP contribution in [0.4, 0.5) is 5.69 Å². The molecular formula is C22H22N4O4. The number of rotatable bonds is 5. The Morgan fingerprint density at radius 2 is 1.93 bits per heavy atom. The van der Waals surface area contributed by atoms with Crippen molar-refractivity contribution in [2.24, 2.45) is 0 Å². The summed E-state index contributed by atoms with van der Waals surface area (Å²) in [6, 6.07) is 15.2. The smallest absolute Gasteiger partial charge is 0.273 e. The summed E-state index contributed by atoms with van der Waals surface area (Å²) in [7, 11) is 0. The van der Waals surface area contributed by atoms with Crippen molar-refractivity contribution in [3.8, 4) is 22.8 Å². The number of carbonyl (C=O) groups excluding carboxylic acids is 1. The molecule has 8 nitrogen and oxygen atoms in total. The van der Waals surface area contributed by atoms with E-state index in [1.54, 1.807) is 6.07 Å². The summed E-state index contributed by atoms with van der Waals surface area (Å²) >= 11 is 0. The molecule has 8 heteroatoms. The van der Waals surface area contributed by atoms with Crippen LogP contribution < -0.4 is 14.8 Å². The van der Waals surface area contributed by atoms with Gasteiger partial charge in [-0.3, -0.25) is 14.8 Å². The number of benzene rings is 2. The zero-order valence-corrected chi connectivity index (χ0v) is 16.4. The standard InChI is InChI=1S/C22H22N4O4/c27-22(23-17-3-1-2-15(10-17)13-26-6-8-28-9-7-26)19-12-18(24-25-19)16-4-5-20-21(11-16)30-14-29-20/h1-5,10-12H,6-9,13-14H2,(H,23,27)(H,24,25). The molecule has 2 aromatic carbocycles. The summed E-state index contributed by atoms with van der Waals surface area (Å²) in [5.74, 6) is 1.15.